The van der Waals surface area contributed by atoms with Crippen LogP contribution in [0.15, 0.2) is 42.5 Å². The topological polar surface area (TPSA) is 48.0 Å². The fourth-order valence-corrected chi connectivity index (χ4v) is 5.23. The number of rotatable bonds is 3. The number of carbonyl (C=O) groups is 1. The van der Waals surface area contributed by atoms with Crippen LogP contribution >= 0.6 is 0 Å². The Hall–Kier alpha value is -2.37. The fourth-order valence-electron chi connectivity index (χ4n) is 5.23. The normalized spacial score (nSPS) is 21.7. The molecule has 2 aliphatic heterocycles. The van der Waals surface area contributed by atoms with E-state index in [0.29, 0.717) is 19.8 Å². The van der Waals surface area contributed by atoms with Crippen LogP contribution in [0.25, 0.3) is 0 Å². The molecular weight excluding hydrogens is 366 g/mol. The number of ether oxygens (including phenoxy) is 3. The van der Waals surface area contributed by atoms with Crippen molar-refractivity contribution in [3.8, 4) is 5.75 Å². The minimum atomic E-state index is -0.451. The van der Waals surface area contributed by atoms with Crippen molar-refractivity contribution in [3.05, 3.63) is 64.7 Å². The second kappa shape index (κ2) is 6.85. The first-order valence-electron chi connectivity index (χ1n) is 10.4. The van der Waals surface area contributed by atoms with E-state index >= 15 is 0 Å². The predicted molar refractivity (Wildman–Crippen MR) is 109 cm³/mol. The Bertz CT molecular complexity index is 920. The second-order valence-corrected chi connectivity index (χ2v) is 8.43. The number of aryl methyl sites for hydroxylation is 1. The van der Waals surface area contributed by atoms with Gasteiger partial charge >= 0.3 is 0 Å². The zero-order chi connectivity index (χ0) is 20.1. The summed E-state index contributed by atoms with van der Waals surface area (Å²) >= 11 is 0. The molecular formula is C24H27NO4. The van der Waals surface area contributed by atoms with Gasteiger partial charge in [0.1, 0.15) is 5.75 Å². The van der Waals surface area contributed by atoms with Crippen molar-refractivity contribution in [2.45, 2.75) is 50.5 Å². The molecule has 2 aromatic carbocycles. The molecule has 29 heavy (non-hydrogen) atoms. The Balaban J connectivity index is 1.50. The molecule has 1 saturated carbocycles. The highest BCUT2D eigenvalue weighted by Gasteiger charge is 2.55. The van der Waals surface area contributed by atoms with E-state index in [9.17, 15) is 4.79 Å². The molecule has 2 heterocycles. The van der Waals surface area contributed by atoms with Gasteiger partial charge in [0, 0.05) is 24.9 Å². The molecule has 1 aliphatic carbocycles. The lowest BCUT2D eigenvalue weighted by Gasteiger charge is -2.47. The lowest BCUT2D eigenvalue weighted by molar-refractivity contribution is -0.192. The minimum Gasteiger partial charge on any atom is -0.497 e. The Morgan fingerprint density at radius 1 is 1.00 bits per heavy atom. The van der Waals surface area contributed by atoms with Crippen molar-refractivity contribution < 1.29 is 19.0 Å². The average molecular weight is 393 g/mol. The van der Waals surface area contributed by atoms with Crippen LogP contribution in [0, 0.1) is 6.92 Å². The number of hydrogen-bond acceptors (Lipinski definition) is 4. The Morgan fingerprint density at radius 3 is 2.34 bits per heavy atom. The van der Waals surface area contributed by atoms with E-state index < -0.39 is 5.79 Å². The second-order valence-electron chi connectivity index (χ2n) is 8.43. The third kappa shape index (κ3) is 2.95. The van der Waals surface area contributed by atoms with E-state index in [2.05, 4.69) is 17.0 Å². The number of hydrogen-bond donors (Lipinski definition) is 0. The van der Waals surface area contributed by atoms with Crippen molar-refractivity contribution in [1.82, 2.24) is 4.90 Å². The molecule has 0 atom stereocenters. The van der Waals surface area contributed by atoms with Gasteiger partial charge in [-0.25, -0.2) is 0 Å². The number of fused-ring (bicyclic) bond motifs is 2. The summed E-state index contributed by atoms with van der Waals surface area (Å²) in [6, 6.07) is 14.3. The van der Waals surface area contributed by atoms with Crippen LogP contribution in [0.5, 0.6) is 5.75 Å². The number of methoxy groups -OCH3 is 1. The van der Waals surface area contributed by atoms with Crippen molar-refractivity contribution >= 4 is 5.91 Å². The van der Waals surface area contributed by atoms with E-state index in [4.69, 9.17) is 14.2 Å². The predicted octanol–water partition coefficient (Wildman–Crippen LogP) is 4.17. The van der Waals surface area contributed by atoms with Crippen LogP contribution in [0.2, 0.25) is 0 Å². The minimum absolute atomic E-state index is 0.128. The van der Waals surface area contributed by atoms with Gasteiger partial charge in [-0.2, -0.15) is 0 Å². The zero-order valence-corrected chi connectivity index (χ0v) is 17.1. The molecule has 152 valence electrons. The Labute approximate surface area is 171 Å². The molecule has 0 aromatic heterocycles. The highest BCUT2D eigenvalue weighted by molar-refractivity contribution is 6.00. The molecule has 1 amide bonds. The number of carbonyl (C=O) groups excluding carboxylic acids is 1. The summed E-state index contributed by atoms with van der Waals surface area (Å²) in [6.45, 7) is 3.96. The molecule has 1 saturated heterocycles. The summed E-state index contributed by atoms with van der Waals surface area (Å²) in [6.07, 6.45) is 3.33. The molecule has 3 aliphatic rings. The summed E-state index contributed by atoms with van der Waals surface area (Å²) in [5.41, 5.74) is 3.95. The monoisotopic (exact) mass is 393 g/mol. The van der Waals surface area contributed by atoms with Crippen molar-refractivity contribution in [2.75, 3.05) is 20.3 Å². The lowest BCUT2D eigenvalue weighted by atomic mass is 9.74. The SMILES string of the molecule is COc1ccc(CN2C(=O)c3cc(C)ccc3C23CCC2(CC3)OCCO2)cc1. The summed E-state index contributed by atoms with van der Waals surface area (Å²) in [7, 11) is 1.66. The number of amides is 1. The average Bonchev–Trinajstić information content (AvgIpc) is 3.28. The van der Waals surface area contributed by atoms with Gasteiger partial charge in [-0.05, 0) is 49.1 Å². The Morgan fingerprint density at radius 2 is 1.69 bits per heavy atom. The maximum Gasteiger partial charge on any atom is 0.255 e. The zero-order valence-electron chi connectivity index (χ0n) is 17.1. The van der Waals surface area contributed by atoms with Gasteiger partial charge in [0.25, 0.3) is 5.91 Å². The first kappa shape index (κ1) is 18.6. The van der Waals surface area contributed by atoms with E-state index in [1.807, 2.05) is 37.3 Å². The lowest BCUT2D eigenvalue weighted by Crippen LogP contribution is -2.50. The molecule has 2 spiro atoms. The molecule has 2 fully saturated rings. The molecule has 0 N–H and O–H groups in total. The highest BCUT2D eigenvalue weighted by atomic mass is 16.7. The van der Waals surface area contributed by atoms with Crippen LogP contribution in [-0.2, 0) is 21.6 Å². The van der Waals surface area contributed by atoms with Crippen molar-refractivity contribution in [2.24, 2.45) is 0 Å². The van der Waals surface area contributed by atoms with Crippen LogP contribution in [-0.4, -0.2) is 36.9 Å². The molecule has 0 unspecified atom stereocenters. The van der Waals surface area contributed by atoms with E-state index in [-0.39, 0.29) is 11.4 Å². The standard InChI is InChI=1S/C24H27NO4/c1-17-3-8-21-20(15-17)22(26)25(16-18-4-6-19(27-2)7-5-18)23(21)9-11-24(12-10-23)28-13-14-29-24/h3-8,15H,9-14,16H2,1-2H3. The molecule has 2 aromatic rings. The summed E-state index contributed by atoms with van der Waals surface area (Å²) in [4.78, 5) is 15.6. The van der Waals surface area contributed by atoms with Gasteiger partial charge in [-0.15, -0.1) is 0 Å². The molecule has 5 nitrogen and oxygen atoms in total. The largest absolute Gasteiger partial charge is 0.497 e. The summed E-state index contributed by atoms with van der Waals surface area (Å²) in [5.74, 6) is 0.502. The summed E-state index contributed by atoms with van der Waals surface area (Å²) in [5, 5.41) is 0. The number of benzene rings is 2. The quantitative estimate of drug-likeness (QED) is 0.785. The van der Waals surface area contributed by atoms with Crippen molar-refractivity contribution in [1.29, 1.82) is 0 Å². The smallest absolute Gasteiger partial charge is 0.255 e. The highest BCUT2D eigenvalue weighted by Crippen LogP contribution is 2.53. The third-order valence-corrected chi connectivity index (χ3v) is 6.82. The van der Waals surface area contributed by atoms with Gasteiger partial charge in [-0.1, -0.05) is 29.8 Å². The summed E-state index contributed by atoms with van der Waals surface area (Å²) < 4.78 is 17.2. The van der Waals surface area contributed by atoms with Gasteiger partial charge in [-0.3, -0.25) is 4.79 Å². The van der Waals surface area contributed by atoms with Gasteiger partial charge in [0.15, 0.2) is 5.79 Å². The van der Waals surface area contributed by atoms with E-state index in [1.165, 1.54) is 0 Å². The maximum atomic E-state index is 13.5. The van der Waals surface area contributed by atoms with E-state index in [0.717, 1.165) is 53.7 Å². The van der Waals surface area contributed by atoms with Crippen LogP contribution < -0.4 is 4.74 Å². The van der Waals surface area contributed by atoms with Gasteiger partial charge in [0.05, 0.1) is 25.9 Å². The van der Waals surface area contributed by atoms with Crippen LogP contribution in [0.3, 0.4) is 0 Å². The molecule has 0 bridgehead atoms. The fraction of sp³-hybridized carbons (Fsp3) is 0.458. The van der Waals surface area contributed by atoms with Crippen LogP contribution in [0.1, 0.15) is 52.7 Å². The first-order valence-corrected chi connectivity index (χ1v) is 10.4. The van der Waals surface area contributed by atoms with E-state index in [1.54, 1.807) is 7.11 Å². The first-order chi connectivity index (χ1) is 14.1. The van der Waals surface area contributed by atoms with Gasteiger partial charge < -0.3 is 19.1 Å². The molecule has 5 heteroatoms. The van der Waals surface area contributed by atoms with Crippen molar-refractivity contribution in [3.63, 3.8) is 0 Å². The molecule has 0 radical (unpaired) electrons. The Kier molecular flexibility index (Phi) is 4.41. The maximum absolute atomic E-state index is 13.5. The third-order valence-electron chi connectivity index (χ3n) is 6.82. The number of nitrogens with zero attached hydrogens (tertiary/aromatic N) is 1. The van der Waals surface area contributed by atoms with Gasteiger partial charge in [0.2, 0.25) is 0 Å². The van der Waals surface area contributed by atoms with Crippen LogP contribution in [0.4, 0.5) is 0 Å². The molecule has 5 rings (SSSR count).